The number of nitrogen functional groups attached to an aromatic ring is 1. The van der Waals surface area contributed by atoms with Gasteiger partial charge in [-0.05, 0) is 13.0 Å². The van der Waals surface area contributed by atoms with Crippen LogP contribution in [0.25, 0.3) is 0 Å². The summed E-state index contributed by atoms with van der Waals surface area (Å²) in [5.74, 6) is 4.54. The first kappa shape index (κ1) is 12.0. The summed E-state index contributed by atoms with van der Waals surface area (Å²) in [7, 11) is 0. The number of ether oxygens (including phenoxy) is 1. The van der Waals surface area contributed by atoms with Crippen molar-refractivity contribution in [3.8, 4) is 11.8 Å². The number of carbonyl (C=O) groups excluding carboxylic acids is 1. The maximum Gasteiger partial charge on any atom is 0.384 e. The number of aliphatic hydroxyl groups excluding tert-OH is 1. The summed E-state index contributed by atoms with van der Waals surface area (Å²) in [5.41, 5.74) is 6.48. The Hall–Kier alpha value is -2.06. The number of hydrogen-bond acceptors (Lipinski definition) is 5. The first-order chi connectivity index (χ1) is 7.67. The van der Waals surface area contributed by atoms with Gasteiger partial charge in [-0.1, -0.05) is 5.92 Å². The largest absolute Gasteiger partial charge is 0.456 e. The van der Waals surface area contributed by atoms with Crippen LogP contribution in [0.2, 0.25) is 0 Å². The van der Waals surface area contributed by atoms with Crippen molar-refractivity contribution >= 4 is 11.8 Å². The van der Waals surface area contributed by atoms with Crippen molar-refractivity contribution in [1.82, 2.24) is 4.98 Å². The van der Waals surface area contributed by atoms with E-state index in [1.165, 1.54) is 6.20 Å². The molecule has 0 saturated heterocycles. The molecule has 0 fully saturated rings. The molecular formula is C11H12N2O3. The lowest BCUT2D eigenvalue weighted by Gasteiger charge is -2.00. The SMILES string of the molecule is CCOC(=O)C#Cc1cnc(N)c(CO)c1. The molecule has 1 rings (SSSR count). The van der Waals surface area contributed by atoms with E-state index in [0.717, 1.165) is 0 Å². The zero-order chi connectivity index (χ0) is 12.0. The second kappa shape index (κ2) is 5.73. The quantitative estimate of drug-likeness (QED) is 0.544. The van der Waals surface area contributed by atoms with E-state index in [4.69, 9.17) is 10.8 Å². The van der Waals surface area contributed by atoms with Crippen LogP contribution in [0.1, 0.15) is 18.1 Å². The molecule has 0 aliphatic rings. The molecular weight excluding hydrogens is 208 g/mol. The minimum atomic E-state index is -0.593. The van der Waals surface area contributed by atoms with Crippen LogP contribution in [0.15, 0.2) is 12.3 Å². The smallest absolute Gasteiger partial charge is 0.384 e. The summed E-state index contributed by atoms with van der Waals surface area (Å²) in [6, 6.07) is 1.58. The number of aliphatic hydroxyl groups is 1. The molecule has 0 saturated carbocycles. The third kappa shape index (κ3) is 3.26. The van der Waals surface area contributed by atoms with Crippen LogP contribution in [-0.2, 0) is 16.1 Å². The van der Waals surface area contributed by atoms with E-state index in [0.29, 0.717) is 11.1 Å². The number of nitrogens with two attached hydrogens (primary N) is 1. The fraction of sp³-hybridized carbons (Fsp3) is 0.273. The molecule has 0 radical (unpaired) electrons. The van der Waals surface area contributed by atoms with E-state index in [1.54, 1.807) is 13.0 Å². The predicted octanol–water partition coefficient (Wildman–Crippen LogP) is 0.0707. The molecule has 1 heterocycles. The second-order valence-corrected chi connectivity index (χ2v) is 2.90. The Kier molecular flexibility index (Phi) is 4.30. The molecule has 1 aromatic heterocycles. The third-order valence-electron chi connectivity index (χ3n) is 1.76. The lowest BCUT2D eigenvalue weighted by molar-refractivity contribution is -0.136. The number of aromatic nitrogens is 1. The van der Waals surface area contributed by atoms with Crippen molar-refractivity contribution in [2.75, 3.05) is 12.3 Å². The van der Waals surface area contributed by atoms with Gasteiger partial charge in [0.2, 0.25) is 0 Å². The van der Waals surface area contributed by atoms with E-state index in [2.05, 4.69) is 21.6 Å². The van der Waals surface area contributed by atoms with Gasteiger partial charge in [-0.15, -0.1) is 0 Å². The number of esters is 1. The Labute approximate surface area is 93.2 Å². The van der Waals surface area contributed by atoms with Gasteiger partial charge in [0.25, 0.3) is 0 Å². The Morgan fingerprint density at radius 2 is 2.44 bits per heavy atom. The molecule has 0 unspecified atom stereocenters. The molecule has 5 nitrogen and oxygen atoms in total. The molecule has 1 aromatic rings. The second-order valence-electron chi connectivity index (χ2n) is 2.90. The van der Waals surface area contributed by atoms with Crippen molar-refractivity contribution in [3.05, 3.63) is 23.4 Å². The lowest BCUT2D eigenvalue weighted by atomic mass is 10.2. The first-order valence-electron chi connectivity index (χ1n) is 4.71. The van der Waals surface area contributed by atoms with Gasteiger partial charge in [-0.3, -0.25) is 0 Å². The fourth-order valence-corrected chi connectivity index (χ4v) is 1.01. The predicted molar refractivity (Wildman–Crippen MR) is 58.1 cm³/mol. The minimum Gasteiger partial charge on any atom is -0.456 e. The zero-order valence-electron chi connectivity index (χ0n) is 8.86. The Bertz CT molecular complexity index is 446. The van der Waals surface area contributed by atoms with Gasteiger partial charge in [-0.2, -0.15) is 0 Å². The highest BCUT2D eigenvalue weighted by Crippen LogP contribution is 2.09. The van der Waals surface area contributed by atoms with Crippen molar-refractivity contribution in [3.63, 3.8) is 0 Å². The highest BCUT2D eigenvalue weighted by atomic mass is 16.5. The monoisotopic (exact) mass is 220 g/mol. The average molecular weight is 220 g/mol. The summed E-state index contributed by atoms with van der Waals surface area (Å²) in [6.45, 7) is 1.78. The Morgan fingerprint density at radius 1 is 1.69 bits per heavy atom. The summed E-state index contributed by atoms with van der Waals surface area (Å²) >= 11 is 0. The fourth-order valence-electron chi connectivity index (χ4n) is 1.01. The highest BCUT2D eigenvalue weighted by molar-refractivity contribution is 5.89. The maximum atomic E-state index is 10.9. The number of nitrogens with zero attached hydrogens (tertiary/aromatic N) is 1. The molecule has 5 heteroatoms. The molecule has 16 heavy (non-hydrogen) atoms. The summed E-state index contributed by atoms with van der Waals surface area (Å²) in [5, 5.41) is 8.94. The minimum absolute atomic E-state index is 0.215. The molecule has 0 spiro atoms. The average Bonchev–Trinajstić information content (AvgIpc) is 2.28. The van der Waals surface area contributed by atoms with Gasteiger partial charge in [0.15, 0.2) is 0 Å². The molecule has 84 valence electrons. The number of rotatable bonds is 2. The number of carbonyl (C=O) groups is 1. The van der Waals surface area contributed by atoms with Crippen molar-refractivity contribution in [1.29, 1.82) is 0 Å². The van der Waals surface area contributed by atoms with Crippen LogP contribution in [0.4, 0.5) is 5.82 Å². The van der Waals surface area contributed by atoms with E-state index < -0.39 is 5.97 Å². The van der Waals surface area contributed by atoms with E-state index in [1.807, 2.05) is 0 Å². The number of hydrogen-bond donors (Lipinski definition) is 2. The van der Waals surface area contributed by atoms with Crippen LogP contribution >= 0.6 is 0 Å². The van der Waals surface area contributed by atoms with E-state index >= 15 is 0 Å². The Balaban J connectivity index is 2.85. The zero-order valence-corrected chi connectivity index (χ0v) is 8.86. The topological polar surface area (TPSA) is 85.4 Å². The van der Waals surface area contributed by atoms with Gasteiger partial charge >= 0.3 is 5.97 Å². The van der Waals surface area contributed by atoms with E-state index in [-0.39, 0.29) is 19.0 Å². The first-order valence-corrected chi connectivity index (χ1v) is 4.71. The van der Waals surface area contributed by atoms with E-state index in [9.17, 15) is 4.79 Å². The van der Waals surface area contributed by atoms with Crippen molar-refractivity contribution in [2.24, 2.45) is 0 Å². The summed E-state index contributed by atoms with van der Waals surface area (Å²) in [6.07, 6.45) is 1.43. The molecule has 0 aromatic carbocycles. The normalized spacial score (nSPS) is 9.12. The van der Waals surface area contributed by atoms with Crippen molar-refractivity contribution in [2.45, 2.75) is 13.5 Å². The van der Waals surface area contributed by atoms with Gasteiger partial charge in [-0.25, -0.2) is 9.78 Å². The maximum absolute atomic E-state index is 10.9. The van der Waals surface area contributed by atoms with Gasteiger partial charge < -0.3 is 15.6 Å². The molecule has 0 atom stereocenters. The van der Waals surface area contributed by atoms with Crippen LogP contribution < -0.4 is 5.73 Å². The lowest BCUT2D eigenvalue weighted by Crippen LogP contribution is -2.00. The third-order valence-corrected chi connectivity index (χ3v) is 1.76. The highest BCUT2D eigenvalue weighted by Gasteiger charge is 2.00. The van der Waals surface area contributed by atoms with Gasteiger partial charge in [0.1, 0.15) is 5.82 Å². The molecule has 0 bridgehead atoms. The standard InChI is InChI=1S/C11H12N2O3/c1-2-16-10(15)4-3-8-5-9(7-14)11(12)13-6-8/h5-6,14H,2,7H2,1H3,(H2,12,13). The molecule has 0 aliphatic carbocycles. The van der Waals surface area contributed by atoms with Crippen molar-refractivity contribution < 1.29 is 14.6 Å². The number of pyridine rings is 1. The van der Waals surface area contributed by atoms with Crippen LogP contribution in [0.5, 0.6) is 0 Å². The van der Waals surface area contributed by atoms with Crippen LogP contribution in [0.3, 0.4) is 0 Å². The van der Waals surface area contributed by atoms with Gasteiger partial charge in [0, 0.05) is 23.2 Å². The Morgan fingerprint density at radius 3 is 3.06 bits per heavy atom. The van der Waals surface area contributed by atoms with Crippen LogP contribution in [0, 0.1) is 11.8 Å². The molecule has 0 amide bonds. The number of anilines is 1. The summed E-state index contributed by atoms with van der Waals surface area (Å²) < 4.78 is 4.64. The van der Waals surface area contributed by atoms with Crippen LogP contribution in [-0.4, -0.2) is 22.7 Å². The molecule has 0 aliphatic heterocycles. The molecule has 3 N–H and O–H groups in total. The summed E-state index contributed by atoms with van der Waals surface area (Å²) in [4.78, 5) is 14.8. The van der Waals surface area contributed by atoms with Gasteiger partial charge in [0.05, 0.1) is 13.2 Å².